The molecule has 0 spiro atoms. The quantitative estimate of drug-likeness (QED) is 0.651. The highest BCUT2D eigenvalue weighted by molar-refractivity contribution is 6.37. The first-order valence-electron chi connectivity index (χ1n) is 9.43. The number of rotatable bonds is 3. The average molecular weight is 418 g/mol. The molecule has 2 aliphatic heterocycles. The Kier molecular flexibility index (Phi) is 5.37. The molecular weight excluding hydrogens is 397 g/mol. The topological polar surface area (TPSA) is 49.8 Å². The minimum Gasteiger partial charge on any atom is -0.507 e. The number of hydrogen-bond acceptors (Lipinski definition) is 4. The lowest BCUT2D eigenvalue weighted by molar-refractivity contribution is 0.101. The molecule has 1 N–H and O–H groups in total. The van der Waals surface area contributed by atoms with Crippen molar-refractivity contribution in [2.45, 2.75) is 38.8 Å². The Balaban J connectivity index is 1.70. The van der Waals surface area contributed by atoms with Crippen LogP contribution in [0.5, 0.6) is 11.5 Å². The highest BCUT2D eigenvalue weighted by Crippen LogP contribution is 2.41. The molecule has 146 valence electrons. The largest absolute Gasteiger partial charge is 0.507 e. The van der Waals surface area contributed by atoms with E-state index in [2.05, 4.69) is 11.8 Å². The first kappa shape index (κ1) is 19.3. The Labute approximate surface area is 174 Å². The molecule has 0 aromatic heterocycles. The number of phenolic OH excluding ortho intramolecular Hbond substituents is 1. The van der Waals surface area contributed by atoms with Gasteiger partial charge in [-0.05, 0) is 56.7 Å². The van der Waals surface area contributed by atoms with Crippen LogP contribution in [0.3, 0.4) is 0 Å². The summed E-state index contributed by atoms with van der Waals surface area (Å²) in [5.74, 6) is 0.487. The monoisotopic (exact) mass is 417 g/mol. The minimum atomic E-state index is -0.237. The normalized spacial score (nSPS) is 21.0. The van der Waals surface area contributed by atoms with Crippen LogP contribution in [0.4, 0.5) is 0 Å². The van der Waals surface area contributed by atoms with Crippen LogP contribution in [-0.4, -0.2) is 28.4 Å². The number of allylic oxidation sites excluding steroid dienone is 1. The first-order valence-corrected chi connectivity index (χ1v) is 10.2. The van der Waals surface area contributed by atoms with Crippen molar-refractivity contribution in [1.82, 2.24) is 4.90 Å². The molecule has 2 aromatic carbocycles. The van der Waals surface area contributed by atoms with E-state index in [0.717, 1.165) is 19.4 Å². The summed E-state index contributed by atoms with van der Waals surface area (Å²) in [6.45, 7) is 3.70. The molecule has 0 bridgehead atoms. The maximum Gasteiger partial charge on any atom is 0.231 e. The fourth-order valence-corrected chi connectivity index (χ4v) is 4.33. The van der Waals surface area contributed by atoms with E-state index in [1.807, 2.05) is 0 Å². The summed E-state index contributed by atoms with van der Waals surface area (Å²) in [7, 11) is 0. The third kappa shape index (κ3) is 3.52. The number of aromatic hydroxyl groups is 1. The first-order chi connectivity index (χ1) is 13.5. The fourth-order valence-electron chi connectivity index (χ4n) is 3.82. The molecule has 1 saturated heterocycles. The summed E-state index contributed by atoms with van der Waals surface area (Å²) in [6, 6.07) is 8.76. The van der Waals surface area contributed by atoms with Gasteiger partial charge < -0.3 is 9.84 Å². The second kappa shape index (κ2) is 7.78. The molecule has 4 nitrogen and oxygen atoms in total. The molecule has 6 heteroatoms. The van der Waals surface area contributed by atoms with Gasteiger partial charge in [-0.2, -0.15) is 0 Å². The van der Waals surface area contributed by atoms with E-state index in [1.165, 1.54) is 6.42 Å². The summed E-state index contributed by atoms with van der Waals surface area (Å²) in [5.41, 5.74) is 1.64. The van der Waals surface area contributed by atoms with Crippen LogP contribution in [0.25, 0.3) is 6.08 Å². The number of phenols is 1. The second-order valence-corrected chi connectivity index (χ2v) is 8.14. The van der Waals surface area contributed by atoms with Gasteiger partial charge in [-0.1, -0.05) is 35.7 Å². The number of nitrogens with zero attached hydrogens (tertiary/aromatic N) is 1. The van der Waals surface area contributed by atoms with Gasteiger partial charge in [0.15, 0.2) is 5.76 Å². The number of carbonyl (C=O) groups is 1. The number of ketones is 1. The van der Waals surface area contributed by atoms with Gasteiger partial charge in [0.2, 0.25) is 5.78 Å². The van der Waals surface area contributed by atoms with Crippen LogP contribution in [0.2, 0.25) is 10.0 Å². The van der Waals surface area contributed by atoms with Gasteiger partial charge in [-0.3, -0.25) is 9.69 Å². The number of hydrogen-bond donors (Lipinski definition) is 1. The van der Waals surface area contributed by atoms with Crippen LogP contribution in [0, 0.1) is 0 Å². The number of piperidine rings is 1. The smallest absolute Gasteiger partial charge is 0.231 e. The van der Waals surface area contributed by atoms with Gasteiger partial charge in [0, 0.05) is 28.2 Å². The predicted molar refractivity (Wildman–Crippen MR) is 111 cm³/mol. The summed E-state index contributed by atoms with van der Waals surface area (Å²) in [6.07, 6.45) is 5.05. The molecule has 2 aliphatic rings. The summed E-state index contributed by atoms with van der Waals surface area (Å²) in [4.78, 5) is 15.2. The minimum absolute atomic E-state index is 0.140. The van der Waals surface area contributed by atoms with Gasteiger partial charge in [0.1, 0.15) is 11.5 Å². The van der Waals surface area contributed by atoms with Crippen molar-refractivity contribution in [3.63, 3.8) is 0 Å². The van der Waals surface area contributed by atoms with E-state index in [4.69, 9.17) is 27.9 Å². The molecule has 0 radical (unpaired) electrons. The zero-order chi connectivity index (χ0) is 19.8. The van der Waals surface area contributed by atoms with Crippen molar-refractivity contribution in [2.75, 3.05) is 6.54 Å². The highest BCUT2D eigenvalue weighted by Gasteiger charge is 2.32. The van der Waals surface area contributed by atoms with Crippen molar-refractivity contribution < 1.29 is 14.6 Å². The van der Waals surface area contributed by atoms with Crippen molar-refractivity contribution >= 4 is 35.1 Å². The highest BCUT2D eigenvalue weighted by atomic mass is 35.5. The molecule has 0 aliphatic carbocycles. The average Bonchev–Trinajstić information content (AvgIpc) is 2.98. The Morgan fingerprint density at radius 3 is 2.68 bits per heavy atom. The summed E-state index contributed by atoms with van der Waals surface area (Å²) < 4.78 is 5.93. The lowest BCUT2D eigenvalue weighted by Gasteiger charge is -2.33. The molecule has 0 amide bonds. The predicted octanol–water partition coefficient (Wildman–Crippen LogP) is 5.69. The van der Waals surface area contributed by atoms with Crippen molar-refractivity contribution in [2.24, 2.45) is 0 Å². The third-order valence-corrected chi connectivity index (χ3v) is 6.15. The van der Waals surface area contributed by atoms with Crippen LogP contribution in [0.1, 0.15) is 47.7 Å². The molecule has 2 heterocycles. The van der Waals surface area contributed by atoms with E-state index < -0.39 is 0 Å². The number of ether oxygens (including phenoxy) is 1. The Morgan fingerprint density at radius 1 is 1.21 bits per heavy atom. The molecule has 1 atom stereocenters. The van der Waals surface area contributed by atoms with Gasteiger partial charge in [-0.25, -0.2) is 0 Å². The second-order valence-electron chi connectivity index (χ2n) is 7.33. The molecule has 4 rings (SSSR count). The van der Waals surface area contributed by atoms with Gasteiger partial charge in [0.25, 0.3) is 0 Å². The zero-order valence-corrected chi connectivity index (χ0v) is 17.1. The fraction of sp³-hybridized carbons (Fsp3) is 0.318. The number of Topliss-reactive ketones (excluding diaryl/α,β-unsaturated/α-hetero) is 1. The van der Waals surface area contributed by atoms with Crippen LogP contribution >= 0.6 is 23.2 Å². The standard InChI is InChI=1S/C22H21Cl2NO3/c1-13-5-2-3-10-25(13)12-16-19(26)9-8-14-21(27)20(28-22(14)16)11-15-17(23)6-4-7-18(15)24/h4,6-9,11,13,26H,2-3,5,10,12H2,1H3/b20-11-. The molecule has 0 saturated carbocycles. The lowest BCUT2D eigenvalue weighted by atomic mass is 10.0. The van der Waals surface area contributed by atoms with Crippen molar-refractivity contribution in [1.29, 1.82) is 0 Å². The molecule has 1 fully saturated rings. The number of benzene rings is 2. The zero-order valence-electron chi connectivity index (χ0n) is 15.5. The van der Waals surface area contributed by atoms with Crippen LogP contribution in [-0.2, 0) is 6.54 Å². The number of likely N-dealkylation sites (tertiary alicyclic amines) is 1. The number of carbonyl (C=O) groups excluding carboxylic acids is 1. The molecular formula is C22H21Cl2NO3. The Bertz CT molecular complexity index is 950. The van der Waals surface area contributed by atoms with Crippen molar-refractivity contribution in [3.05, 3.63) is 62.8 Å². The van der Waals surface area contributed by atoms with Crippen LogP contribution in [0.15, 0.2) is 36.1 Å². The van der Waals surface area contributed by atoms with E-state index in [9.17, 15) is 9.90 Å². The Hall–Kier alpha value is -2.01. The van der Waals surface area contributed by atoms with E-state index >= 15 is 0 Å². The number of halogens is 2. The summed E-state index contributed by atoms with van der Waals surface area (Å²) in [5, 5.41) is 11.3. The Morgan fingerprint density at radius 2 is 1.96 bits per heavy atom. The summed E-state index contributed by atoms with van der Waals surface area (Å²) >= 11 is 12.5. The SMILES string of the molecule is CC1CCCCN1Cc1c(O)ccc2c1O/C(=C\c1c(Cl)cccc1Cl)C2=O. The molecule has 28 heavy (non-hydrogen) atoms. The van der Waals surface area contributed by atoms with Gasteiger partial charge >= 0.3 is 0 Å². The third-order valence-electron chi connectivity index (χ3n) is 5.49. The number of fused-ring (bicyclic) bond motifs is 1. The van der Waals surface area contributed by atoms with Crippen LogP contribution < -0.4 is 4.74 Å². The molecule has 2 aromatic rings. The molecule has 1 unspecified atom stereocenters. The van der Waals surface area contributed by atoms with Crippen molar-refractivity contribution in [3.8, 4) is 11.5 Å². The van der Waals surface area contributed by atoms with Gasteiger partial charge in [-0.15, -0.1) is 0 Å². The maximum atomic E-state index is 12.9. The van der Waals surface area contributed by atoms with E-state index in [-0.39, 0.29) is 17.3 Å². The maximum absolute atomic E-state index is 12.9. The van der Waals surface area contributed by atoms with E-state index in [1.54, 1.807) is 36.4 Å². The lowest BCUT2D eigenvalue weighted by Crippen LogP contribution is -2.36. The van der Waals surface area contributed by atoms with E-state index in [0.29, 0.717) is 45.1 Å². The van der Waals surface area contributed by atoms with Gasteiger partial charge in [0.05, 0.1) is 11.1 Å².